The zero-order chi connectivity index (χ0) is 23.5. The third-order valence-electron chi connectivity index (χ3n) is 5.22. The molecular weight excluding hydrogens is 432 g/mol. The molecule has 6 heteroatoms. The second-order valence-corrected chi connectivity index (χ2v) is 9.41. The Kier molecular flexibility index (Phi) is 9.66. The van der Waals surface area contributed by atoms with Gasteiger partial charge in [-0.05, 0) is 36.6 Å². The molecule has 0 saturated heterocycles. The van der Waals surface area contributed by atoms with Crippen LogP contribution < -0.4 is 0 Å². The Morgan fingerprint density at radius 1 is 0.818 bits per heavy atom. The first-order chi connectivity index (χ1) is 16.0. The maximum atomic E-state index is 13.3. The Hall–Kier alpha value is -2.96. The number of thiophene rings is 1. The zero-order valence-corrected chi connectivity index (χ0v) is 20.2. The molecule has 5 nitrogen and oxygen atoms in total. The van der Waals surface area contributed by atoms with Gasteiger partial charge in [-0.1, -0.05) is 67.6 Å². The van der Waals surface area contributed by atoms with Crippen LogP contribution in [-0.4, -0.2) is 41.3 Å². The summed E-state index contributed by atoms with van der Waals surface area (Å²) in [6.07, 6.45) is 0.778. The number of benzene rings is 2. The van der Waals surface area contributed by atoms with Crippen molar-refractivity contribution in [3.63, 3.8) is 0 Å². The number of ether oxygens (including phenoxy) is 1. The molecule has 0 bridgehead atoms. The topological polar surface area (TPSA) is 49.9 Å². The SMILES string of the molecule is CCCN(CC(=O)N(Cc1ccccc1)Cc1ccc(C)s1)C(=O)COCc1ccccc1. The number of hydrogen-bond donors (Lipinski definition) is 0. The zero-order valence-electron chi connectivity index (χ0n) is 19.4. The summed E-state index contributed by atoms with van der Waals surface area (Å²) < 4.78 is 5.63. The number of rotatable bonds is 12. The van der Waals surface area contributed by atoms with Crippen molar-refractivity contribution in [1.82, 2.24) is 9.80 Å². The maximum absolute atomic E-state index is 13.3. The van der Waals surface area contributed by atoms with Crippen molar-refractivity contribution in [2.24, 2.45) is 0 Å². The quantitative estimate of drug-likeness (QED) is 0.377. The van der Waals surface area contributed by atoms with Gasteiger partial charge in [0.15, 0.2) is 0 Å². The molecule has 0 atom stereocenters. The molecule has 0 N–H and O–H groups in total. The number of aryl methyl sites for hydroxylation is 1. The standard InChI is InChI=1S/C27H32N2O3S/c1-3-16-28(27(31)21-32-20-24-12-8-5-9-13-24)19-26(30)29(17-23-10-6-4-7-11-23)18-25-15-14-22(2)33-25/h4-15H,3,16-21H2,1-2H3. The Morgan fingerprint density at radius 2 is 1.48 bits per heavy atom. The van der Waals surface area contributed by atoms with Crippen LogP contribution in [0.25, 0.3) is 0 Å². The molecular formula is C27H32N2O3S. The molecule has 1 aromatic heterocycles. The molecule has 33 heavy (non-hydrogen) atoms. The molecule has 0 unspecified atom stereocenters. The van der Waals surface area contributed by atoms with Gasteiger partial charge < -0.3 is 14.5 Å². The van der Waals surface area contributed by atoms with Gasteiger partial charge in [0.1, 0.15) is 6.61 Å². The Labute approximate surface area is 200 Å². The van der Waals surface area contributed by atoms with Gasteiger partial charge in [0.2, 0.25) is 11.8 Å². The number of carbonyl (C=O) groups is 2. The molecule has 0 radical (unpaired) electrons. The van der Waals surface area contributed by atoms with Crippen molar-refractivity contribution in [2.75, 3.05) is 19.7 Å². The highest BCUT2D eigenvalue weighted by Gasteiger charge is 2.22. The van der Waals surface area contributed by atoms with Gasteiger partial charge in [-0.2, -0.15) is 0 Å². The molecule has 2 aromatic carbocycles. The van der Waals surface area contributed by atoms with Crippen molar-refractivity contribution >= 4 is 23.2 Å². The molecule has 0 spiro atoms. The van der Waals surface area contributed by atoms with Crippen LogP contribution in [0.1, 0.15) is 34.2 Å². The summed E-state index contributed by atoms with van der Waals surface area (Å²) in [5.41, 5.74) is 2.09. The average Bonchev–Trinajstić information content (AvgIpc) is 3.24. The molecule has 3 aromatic rings. The summed E-state index contributed by atoms with van der Waals surface area (Å²) in [5, 5.41) is 0. The van der Waals surface area contributed by atoms with Crippen LogP contribution in [0.4, 0.5) is 0 Å². The highest BCUT2D eigenvalue weighted by Crippen LogP contribution is 2.19. The van der Waals surface area contributed by atoms with Crippen LogP contribution in [0.2, 0.25) is 0 Å². The Balaban J connectivity index is 1.63. The molecule has 174 valence electrons. The van der Waals surface area contributed by atoms with Gasteiger partial charge in [-0.15, -0.1) is 11.3 Å². The van der Waals surface area contributed by atoms with Gasteiger partial charge in [0, 0.05) is 22.8 Å². The molecule has 0 fully saturated rings. The largest absolute Gasteiger partial charge is 0.367 e. The number of nitrogens with zero attached hydrogens (tertiary/aromatic N) is 2. The number of carbonyl (C=O) groups excluding carboxylic acids is 2. The average molecular weight is 465 g/mol. The van der Waals surface area contributed by atoms with Crippen molar-refractivity contribution < 1.29 is 14.3 Å². The summed E-state index contributed by atoms with van der Waals surface area (Å²) in [4.78, 5) is 32.0. The number of amides is 2. The monoisotopic (exact) mass is 464 g/mol. The Morgan fingerprint density at radius 3 is 2.09 bits per heavy atom. The van der Waals surface area contributed by atoms with Crippen molar-refractivity contribution in [3.8, 4) is 0 Å². The van der Waals surface area contributed by atoms with Crippen LogP contribution in [0, 0.1) is 6.92 Å². The fourth-order valence-electron chi connectivity index (χ4n) is 3.54. The minimum Gasteiger partial charge on any atom is -0.367 e. The fourth-order valence-corrected chi connectivity index (χ4v) is 4.45. The molecule has 0 aliphatic heterocycles. The van der Waals surface area contributed by atoms with Crippen LogP contribution in [-0.2, 0) is 34.0 Å². The van der Waals surface area contributed by atoms with Crippen molar-refractivity contribution in [3.05, 3.63) is 93.7 Å². The summed E-state index contributed by atoms with van der Waals surface area (Å²) in [5.74, 6) is -0.220. The van der Waals surface area contributed by atoms with E-state index < -0.39 is 0 Å². The third kappa shape index (κ3) is 8.15. The summed E-state index contributed by atoms with van der Waals surface area (Å²) >= 11 is 1.69. The highest BCUT2D eigenvalue weighted by molar-refractivity contribution is 7.11. The lowest BCUT2D eigenvalue weighted by atomic mass is 10.2. The molecule has 3 rings (SSSR count). The molecule has 2 amide bonds. The van der Waals surface area contributed by atoms with E-state index in [1.54, 1.807) is 16.2 Å². The van der Waals surface area contributed by atoms with E-state index >= 15 is 0 Å². The van der Waals surface area contributed by atoms with Crippen LogP contribution in [0.3, 0.4) is 0 Å². The first-order valence-electron chi connectivity index (χ1n) is 11.3. The van der Waals surface area contributed by atoms with Gasteiger partial charge in [-0.3, -0.25) is 9.59 Å². The second kappa shape index (κ2) is 12.9. The van der Waals surface area contributed by atoms with Gasteiger partial charge in [0.25, 0.3) is 0 Å². The van der Waals surface area contributed by atoms with E-state index in [0.717, 1.165) is 22.4 Å². The van der Waals surface area contributed by atoms with E-state index in [9.17, 15) is 9.59 Å². The van der Waals surface area contributed by atoms with Crippen molar-refractivity contribution in [2.45, 2.75) is 40.0 Å². The summed E-state index contributed by atoms with van der Waals surface area (Å²) in [6, 6.07) is 23.9. The van der Waals surface area contributed by atoms with Gasteiger partial charge >= 0.3 is 0 Å². The Bertz CT molecular complexity index is 1000. The molecule has 0 aliphatic carbocycles. The summed E-state index contributed by atoms with van der Waals surface area (Å²) in [6.45, 7) is 6.03. The van der Waals surface area contributed by atoms with Crippen LogP contribution in [0.15, 0.2) is 72.8 Å². The van der Waals surface area contributed by atoms with Crippen LogP contribution >= 0.6 is 11.3 Å². The van der Waals surface area contributed by atoms with E-state index in [1.807, 2.05) is 72.5 Å². The van der Waals surface area contributed by atoms with E-state index in [1.165, 1.54) is 4.88 Å². The first-order valence-corrected chi connectivity index (χ1v) is 12.1. The minimum atomic E-state index is -0.159. The first kappa shape index (κ1) is 24.7. The maximum Gasteiger partial charge on any atom is 0.249 e. The van der Waals surface area contributed by atoms with Gasteiger partial charge in [-0.25, -0.2) is 0 Å². The third-order valence-corrected chi connectivity index (χ3v) is 6.21. The van der Waals surface area contributed by atoms with Crippen LogP contribution in [0.5, 0.6) is 0 Å². The minimum absolute atomic E-state index is 0.0367. The predicted molar refractivity (Wildman–Crippen MR) is 133 cm³/mol. The predicted octanol–water partition coefficient (Wildman–Crippen LogP) is 5.04. The second-order valence-electron chi connectivity index (χ2n) is 8.04. The fraction of sp³-hybridized carbons (Fsp3) is 0.333. The normalized spacial score (nSPS) is 10.7. The lowest BCUT2D eigenvalue weighted by Gasteiger charge is -2.27. The molecule has 1 heterocycles. The number of hydrogen-bond acceptors (Lipinski definition) is 4. The molecule has 0 saturated carbocycles. The van der Waals surface area contributed by atoms with Crippen molar-refractivity contribution in [1.29, 1.82) is 0 Å². The van der Waals surface area contributed by atoms with Gasteiger partial charge in [0.05, 0.1) is 19.7 Å². The molecule has 0 aliphatic rings. The summed E-state index contributed by atoms with van der Waals surface area (Å²) in [7, 11) is 0. The van der Waals surface area contributed by atoms with E-state index in [-0.39, 0.29) is 25.0 Å². The smallest absolute Gasteiger partial charge is 0.249 e. The lowest BCUT2D eigenvalue weighted by molar-refractivity contribution is -0.144. The van der Waals surface area contributed by atoms with E-state index in [2.05, 4.69) is 19.1 Å². The van der Waals surface area contributed by atoms with E-state index in [0.29, 0.717) is 26.2 Å². The van der Waals surface area contributed by atoms with E-state index in [4.69, 9.17) is 4.74 Å². The highest BCUT2D eigenvalue weighted by atomic mass is 32.1. The lowest BCUT2D eigenvalue weighted by Crippen LogP contribution is -2.44.